The summed E-state index contributed by atoms with van der Waals surface area (Å²) >= 11 is 6.51. The van der Waals surface area contributed by atoms with Crippen molar-refractivity contribution in [1.29, 1.82) is 5.41 Å². The van der Waals surface area contributed by atoms with Crippen LogP contribution >= 0.6 is 11.6 Å². The molecule has 1 fully saturated rings. The van der Waals surface area contributed by atoms with E-state index in [1.807, 2.05) is 0 Å². The van der Waals surface area contributed by atoms with E-state index in [1.54, 1.807) is 37.8 Å². The van der Waals surface area contributed by atoms with Crippen LogP contribution in [0.5, 0.6) is 0 Å². The van der Waals surface area contributed by atoms with E-state index in [0.717, 1.165) is 5.56 Å². The number of carbonyl (C=O) groups is 1. The molecule has 9 nitrogen and oxygen atoms in total. The molecular formula is C23H30ClF2N7O2. The molecule has 2 aliphatic heterocycles. The summed E-state index contributed by atoms with van der Waals surface area (Å²) in [7, 11) is 0. The Morgan fingerprint density at radius 3 is 2.60 bits per heavy atom. The van der Waals surface area contributed by atoms with Gasteiger partial charge in [0.05, 0.1) is 10.7 Å². The first-order chi connectivity index (χ1) is 16.3. The fraction of sp³-hybridized carbons (Fsp3) is 0.478. The number of nitrogens with one attached hydrogen (secondary N) is 2. The number of nitrogens with zero attached hydrogens (tertiary/aromatic N) is 3. The lowest BCUT2D eigenvalue weighted by molar-refractivity contribution is -0.123. The van der Waals surface area contributed by atoms with Gasteiger partial charge in [-0.3, -0.25) is 20.1 Å². The molecule has 0 radical (unpaired) electrons. The first-order valence-electron chi connectivity index (χ1n) is 11.1. The summed E-state index contributed by atoms with van der Waals surface area (Å²) in [6.07, 6.45) is -1.59. The summed E-state index contributed by atoms with van der Waals surface area (Å²) in [5.74, 6) is -4.19. The number of likely N-dealkylation sites (tertiary alicyclic amines) is 1. The van der Waals surface area contributed by atoms with Crippen molar-refractivity contribution in [3.05, 3.63) is 39.9 Å². The standard InChI is InChI=1S/C23H30ClF2N7O2/c1-12-5-6-15(11-16(12)18(27)28)31-21(34)23(19(29)32-35)13(2)17(24)14(3)30-20(23)33-9-4-7-22(25,26)8-10-33/h5-6,11,20,35H,4,7-10H2,1-3H3,(H3,27,28)(H2,29,32)(H,31,34). The predicted molar refractivity (Wildman–Crippen MR) is 132 cm³/mol. The maximum atomic E-state index is 14.1. The number of alkyl halides is 2. The van der Waals surface area contributed by atoms with Crippen molar-refractivity contribution in [2.75, 3.05) is 18.4 Å². The second-order valence-electron chi connectivity index (χ2n) is 8.96. The lowest BCUT2D eigenvalue weighted by Gasteiger charge is -2.45. The zero-order chi connectivity index (χ0) is 26.1. The Hall–Kier alpha value is -3.05. The fourth-order valence-electron chi connectivity index (χ4n) is 4.69. The number of carbonyl (C=O) groups excluding carboxylic acids is 1. The molecule has 1 saturated heterocycles. The Labute approximate surface area is 207 Å². The quantitative estimate of drug-likeness (QED) is 0.178. The molecule has 12 heteroatoms. The molecular weight excluding hydrogens is 480 g/mol. The van der Waals surface area contributed by atoms with Crippen LogP contribution in [0.3, 0.4) is 0 Å². The number of nitrogen functional groups attached to an aromatic ring is 1. The molecule has 7 N–H and O–H groups in total. The van der Waals surface area contributed by atoms with Gasteiger partial charge in [-0.15, -0.1) is 0 Å². The fourth-order valence-corrected chi connectivity index (χ4v) is 4.88. The van der Waals surface area contributed by atoms with Gasteiger partial charge >= 0.3 is 0 Å². The van der Waals surface area contributed by atoms with E-state index < -0.39 is 35.7 Å². The Morgan fingerprint density at radius 1 is 1.29 bits per heavy atom. The van der Waals surface area contributed by atoms with Crippen molar-refractivity contribution in [1.82, 2.24) is 4.90 Å². The third-order valence-corrected chi connectivity index (χ3v) is 7.25. The van der Waals surface area contributed by atoms with Crippen LogP contribution in [0.15, 0.2) is 39.0 Å². The van der Waals surface area contributed by atoms with Gasteiger partial charge in [-0.05, 0) is 50.5 Å². The van der Waals surface area contributed by atoms with Gasteiger partial charge < -0.3 is 22.0 Å². The number of aliphatic imine (C=N–C) groups is 1. The van der Waals surface area contributed by atoms with Crippen molar-refractivity contribution in [3.8, 4) is 0 Å². The first kappa shape index (κ1) is 26.6. The number of allylic oxidation sites excluding steroid dienone is 1. The minimum Gasteiger partial charge on any atom is -0.409 e. The van der Waals surface area contributed by atoms with Gasteiger partial charge in [-0.2, -0.15) is 0 Å². The molecule has 2 unspecified atom stereocenters. The molecule has 0 spiro atoms. The number of benzene rings is 1. The molecule has 1 amide bonds. The predicted octanol–water partition coefficient (Wildman–Crippen LogP) is 3.38. The average molecular weight is 510 g/mol. The largest absolute Gasteiger partial charge is 0.409 e. The zero-order valence-corrected chi connectivity index (χ0v) is 20.6. The number of halogens is 3. The minimum absolute atomic E-state index is 0.0495. The number of anilines is 1. The van der Waals surface area contributed by atoms with Crippen molar-refractivity contribution in [3.63, 3.8) is 0 Å². The molecule has 0 aromatic heterocycles. The van der Waals surface area contributed by atoms with Crippen LogP contribution in [0, 0.1) is 17.7 Å². The van der Waals surface area contributed by atoms with Crippen LogP contribution in [0.1, 0.15) is 44.2 Å². The van der Waals surface area contributed by atoms with Crippen molar-refractivity contribution in [2.24, 2.45) is 27.0 Å². The lowest BCUT2D eigenvalue weighted by atomic mass is 9.72. The normalized spacial score (nSPS) is 25.6. The zero-order valence-electron chi connectivity index (χ0n) is 19.8. The maximum Gasteiger partial charge on any atom is 0.249 e. The number of rotatable bonds is 5. The second-order valence-corrected chi connectivity index (χ2v) is 9.34. The van der Waals surface area contributed by atoms with E-state index >= 15 is 0 Å². The monoisotopic (exact) mass is 509 g/mol. The van der Waals surface area contributed by atoms with Crippen LogP contribution in [-0.2, 0) is 4.79 Å². The maximum absolute atomic E-state index is 14.1. The van der Waals surface area contributed by atoms with E-state index in [2.05, 4.69) is 15.5 Å². The third kappa shape index (κ3) is 4.87. The second kappa shape index (κ2) is 9.90. The molecule has 0 saturated carbocycles. The molecule has 0 bridgehead atoms. The van der Waals surface area contributed by atoms with Gasteiger partial charge in [-0.1, -0.05) is 22.8 Å². The molecule has 2 aliphatic rings. The topological polar surface area (TPSA) is 153 Å². The number of dihydropyridines is 1. The first-order valence-corrected chi connectivity index (χ1v) is 11.5. The number of nitrogens with two attached hydrogens (primary N) is 2. The number of aryl methyl sites for hydroxylation is 1. The number of amides is 1. The summed E-state index contributed by atoms with van der Waals surface area (Å²) in [6, 6.07) is 4.85. The molecule has 2 atom stereocenters. The number of oxime groups is 1. The van der Waals surface area contributed by atoms with Crippen molar-refractivity contribution in [2.45, 2.75) is 52.1 Å². The summed E-state index contributed by atoms with van der Waals surface area (Å²) in [5.41, 5.74) is 12.1. The molecule has 35 heavy (non-hydrogen) atoms. The Morgan fingerprint density at radius 2 is 1.97 bits per heavy atom. The summed E-state index contributed by atoms with van der Waals surface area (Å²) in [6.45, 7) is 5.18. The number of hydrogen-bond acceptors (Lipinski definition) is 6. The van der Waals surface area contributed by atoms with E-state index in [1.165, 1.54) is 6.07 Å². The van der Waals surface area contributed by atoms with E-state index in [0.29, 0.717) is 17.0 Å². The number of hydrogen-bond donors (Lipinski definition) is 5. The van der Waals surface area contributed by atoms with Crippen LogP contribution in [0.2, 0.25) is 0 Å². The van der Waals surface area contributed by atoms with Gasteiger partial charge in [0.2, 0.25) is 11.8 Å². The SMILES string of the molecule is CC1=NC(N2CCCC(F)(F)CC2)C(C(=O)Nc2ccc(C)c(C(=N)N)c2)(C(N)=NO)C(C)=C1Cl. The average Bonchev–Trinajstić information content (AvgIpc) is 2.98. The van der Waals surface area contributed by atoms with Gasteiger partial charge in [0.15, 0.2) is 11.3 Å². The summed E-state index contributed by atoms with van der Waals surface area (Å²) in [5, 5.41) is 23.6. The van der Waals surface area contributed by atoms with Crippen LogP contribution in [0.25, 0.3) is 0 Å². The van der Waals surface area contributed by atoms with E-state index in [9.17, 15) is 18.8 Å². The molecule has 0 aliphatic carbocycles. The van der Waals surface area contributed by atoms with Crippen LogP contribution in [0.4, 0.5) is 14.5 Å². The molecule has 1 aromatic rings. The van der Waals surface area contributed by atoms with Gasteiger partial charge in [0, 0.05) is 37.2 Å². The summed E-state index contributed by atoms with van der Waals surface area (Å²) in [4.78, 5) is 20.2. The smallest absolute Gasteiger partial charge is 0.249 e. The van der Waals surface area contributed by atoms with Gasteiger partial charge in [0.1, 0.15) is 12.0 Å². The van der Waals surface area contributed by atoms with E-state index in [-0.39, 0.29) is 42.4 Å². The molecule has 1 aromatic carbocycles. The Balaban J connectivity index is 2.14. The minimum atomic E-state index is -2.84. The van der Waals surface area contributed by atoms with Crippen molar-refractivity contribution < 1.29 is 18.8 Å². The number of amidine groups is 2. The highest BCUT2D eigenvalue weighted by Crippen LogP contribution is 2.44. The van der Waals surface area contributed by atoms with Gasteiger partial charge in [-0.25, -0.2) is 8.78 Å². The molecule has 2 heterocycles. The Bertz CT molecular complexity index is 1130. The van der Waals surface area contributed by atoms with Gasteiger partial charge in [0.25, 0.3) is 0 Å². The molecule has 190 valence electrons. The highest BCUT2D eigenvalue weighted by atomic mass is 35.5. The third-order valence-electron chi connectivity index (χ3n) is 6.70. The molecule has 3 rings (SSSR count). The highest BCUT2D eigenvalue weighted by molar-refractivity contribution is 6.44. The summed E-state index contributed by atoms with van der Waals surface area (Å²) < 4.78 is 28.3. The Kier molecular flexibility index (Phi) is 7.51. The lowest BCUT2D eigenvalue weighted by Crippen LogP contribution is -2.62. The van der Waals surface area contributed by atoms with Crippen LogP contribution in [-0.4, -0.2) is 58.6 Å². The highest BCUT2D eigenvalue weighted by Gasteiger charge is 2.57. The van der Waals surface area contributed by atoms with Crippen molar-refractivity contribution >= 4 is 40.6 Å². The van der Waals surface area contributed by atoms with E-state index in [4.69, 9.17) is 28.5 Å². The van der Waals surface area contributed by atoms with Crippen LogP contribution < -0.4 is 16.8 Å².